The highest BCUT2D eigenvalue weighted by Gasteiger charge is 2.03. The van der Waals surface area contributed by atoms with Crippen LogP contribution >= 0.6 is 11.6 Å². The molecular weight excluding hydrogens is 234 g/mol. The number of halogens is 1. The molecule has 0 aliphatic rings. The molecule has 0 bridgehead atoms. The third-order valence-corrected chi connectivity index (χ3v) is 2.67. The van der Waals surface area contributed by atoms with Crippen molar-refractivity contribution in [3.05, 3.63) is 34.9 Å². The first kappa shape index (κ1) is 14.5. The maximum absolute atomic E-state index is 5.91. The minimum absolute atomic E-state index is 0.525. The Kier molecular flexibility index (Phi) is 6.56. The Bertz CT molecular complexity index is 328. The van der Waals surface area contributed by atoms with Gasteiger partial charge in [0.2, 0.25) is 0 Å². The van der Waals surface area contributed by atoms with E-state index < -0.39 is 0 Å². The molecule has 0 radical (unpaired) electrons. The van der Waals surface area contributed by atoms with Crippen molar-refractivity contribution in [2.75, 3.05) is 13.2 Å². The summed E-state index contributed by atoms with van der Waals surface area (Å²) in [6.45, 7) is 8.89. The maximum atomic E-state index is 5.91. The van der Waals surface area contributed by atoms with Gasteiger partial charge in [-0.15, -0.1) is 0 Å². The molecule has 1 N–H and O–H groups in total. The second-order valence-corrected chi connectivity index (χ2v) is 5.25. The molecule has 0 heterocycles. The van der Waals surface area contributed by atoms with Crippen LogP contribution in [0.3, 0.4) is 0 Å². The van der Waals surface area contributed by atoms with Crippen molar-refractivity contribution >= 4 is 11.6 Å². The topological polar surface area (TPSA) is 21.3 Å². The van der Waals surface area contributed by atoms with Crippen LogP contribution in [0.4, 0.5) is 0 Å². The summed E-state index contributed by atoms with van der Waals surface area (Å²) in [6.07, 6.45) is 0. The fraction of sp³-hybridized carbons (Fsp3) is 0.571. The van der Waals surface area contributed by atoms with Crippen LogP contribution in [0.2, 0.25) is 5.02 Å². The summed E-state index contributed by atoms with van der Waals surface area (Å²) in [5, 5.41) is 4.17. The lowest BCUT2D eigenvalue weighted by Gasteiger charge is -2.15. The Morgan fingerprint density at radius 1 is 1.29 bits per heavy atom. The average molecular weight is 256 g/mol. The van der Waals surface area contributed by atoms with E-state index in [1.807, 2.05) is 24.3 Å². The number of nitrogens with one attached hydrogen (secondary N) is 1. The molecule has 1 aromatic carbocycles. The van der Waals surface area contributed by atoms with Gasteiger partial charge in [-0.05, 0) is 23.6 Å². The first-order chi connectivity index (χ1) is 8.08. The molecule has 0 saturated heterocycles. The van der Waals surface area contributed by atoms with Crippen molar-refractivity contribution < 1.29 is 4.74 Å². The zero-order chi connectivity index (χ0) is 12.7. The second-order valence-electron chi connectivity index (χ2n) is 4.81. The van der Waals surface area contributed by atoms with E-state index in [2.05, 4.69) is 26.1 Å². The van der Waals surface area contributed by atoms with Gasteiger partial charge in [-0.25, -0.2) is 0 Å². The van der Waals surface area contributed by atoms with Crippen LogP contribution in [-0.4, -0.2) is 19.2 Å². The van der Waals surface area contributed by atoms with Crippen LogP contribution < -0.4 is 5.32 Å². The largest absolute Gasteiger partial charge is 0.376 e. The van der Waals surface area contributed by atoms with Crippen LogP contribution in [0.25, 0.3) is 0 Å². The fourth-order valence-corrected chi connectivity index (χ4v) is 1.71. The summed E-state index contributed by atoms with van der Waals surface area (Å²) < 4.78 is 5.67. The number of hydrogen-bond acceptors (Lipinski definition) is 2. The predicted molar refractivity (Wildman–Crippen MR) is 73.4 cm³/mol. The van der Waals surface area contributed by atoms with Gasteiger partial charge in [0.05, 0.1) is 13.2 Å². The van der Waals surface area contributed by atoms with E-state index in [0.29, 0.717) is 18.6 Å². The Morgan fingerprint density at radius 3 is 2.71 bits per heavy atom. The van der Waals surface area contributed by atoms with Gasteiger partial charge < -0.3 is 10.1 Å². The number of rotatable bonds is 7. The molecule has 1 atom stereocenters. The maximum Gasteiger partial charge on any atom is 0.0717 e. The van der Waals surface area contributed by atoms with Gasteiger partial charge in [0.25, 0.3) is 0 Å². The highest BCUT2D eigenvalue weighted by Crippen LogP contribution is 2.11. The van der Waals surface area contributed by atoms with Crippen molar-refractivity contribution in [2.45, 2.75) is 33.4 Å². The Morgan fingerprint density at radius 2 is 2.06 bits per heavy atom. The lowest BCUT2D eigenvalue weighted by Crippen LogP contribution is -2.29. The van der Waals surface area contributed by atoms with Crippen LogP contribution in [0, 0.1) is 5.92 Å². The predicted octanol–water partition coefficient (Wildman–Crippen LogP) is 3.49. The molecule has 0 amide bonds. The number of hydrogen-bond donors (Lipinski definition) is 1. The van der Waals surface area contributed by atoms with E-state index in [1.165, 1.54) is 0 Å². The van der Waals surface area contributed by atoms with E-state index in [0.717, 1.165) is 23.7 Å². The zero-order valence-electron chi connectivity index (χ0n) is 10.9. The molecule has 0 aromatic heterocycles. The summed E-state index contributed by atoms with van der Waals surface area (Å²) in [4.78, 5) is 0. The molecule has 3 heteroatoms. The molecule has 0 saturated carbocycles. The third kappa shape index (κ3) is 6.67. The highest BCUT2D eigenvalue weighted by atomic mass is 35.5. The number of benzene rings is 1. The quantitative estimate of drug-likeness (QED) is 0.805. The molecule has 1 rings (SSSR count). The van der Waals surface area contributed by atoms with Gasteiger partial charge in [-0.1, -0.05) is 44.5 Å². The van der Waals surface area contributed by atoms with Gasteiger partial charge in [0, 0.05) is 17.6 Å². The fourth-order valence-electron chi connectivity index (χ4n) is 1.50. The summed E-state index contributed by atoms with van der Waals surface area (Å²) in [6, 6.07) is 8.33. The van der Waals surface area contributed by atoms with Crippen molar-refractivity contribution in [1.82, 2.24) is 5.32 Å². The second kappa shape index (κ2) is 7.70. The third-order valence-electron chi connectivity index (χ3n) is 2.43. The molecule has 96 valence electrons. The van der Waals surface area contributed by atoms with Gasteiger partial charge >= 0.3 is 0 Å². The van der Waals surface area contributed by atoms with Gasteiger partial charge in [0.1, 0.15) is 0 Å². The van der Waals surface area contributed by atoms with Crippen LogP contribution in [0.15, 0.2) is 24.3 Å². The summed E-state index contributed by atoms with van der Waals surface area (Å²) in [7, 11) is 0. The van der Waals surface area contributed by atoms with Crippen molar-refractivity contribution in [1.29, 1.82) is 0 Å². The first-order valence-electron chi connectivity index (χ1n) is 6.13. The van der Waals surface area contributed by atoms with E-state index >= 15 is 0 Å². The van der Waals surface area contributed by atoms with Crippen molar-refractivity contribution in [3.63, 3.8) is 0 Å². The van der Waals surface area contributed by atoms with Gasteiger partial charge in [0.15, 0.2) is 0 Å². The smallest absolute Gasteiger partial charge is 0.0717 e. The lowest BCUT2D eigenvalue weighted by atomic mass is 10.2. The minimum atomic E-state index is 0.525. The van der Waals surface area contributed by atoms with Crippen LogP contribution in [0.5, 0.6) is 0 Å². The van der Waals surface area contributed by atoms with Crippen LogP contribution in [0.1, 0.15) is 26.3 Å². The average Bonchev–Trinajstić information content (AvgIpc) is 2.26. The molecule has 17 heavy (non-hydrogen) atoms. The number of ether oxygens (including phenoxy) is 1. The molecule has 1 unspecified atom stereocenters. The summed E-state index contributed by atoms with van der Waals surface area (Å²) >= 11 is 5.91. The molecule has 0 fully saturated rings. The lowest BCUT2D eigenvalue weighted by molar-refractivity contribution is 0.0912. The molecular formula is C14H22ClNO. The monoisotopic (exact) mass is 255 g/mol. The van der Waals surface area contributed by atoms with Crippen molar-refractivity contribution in [3.8, 4) is 0 Å². The molecule has 0 spiro atoms. The van der Waals surface area contributed by atoms with Gasteiger partial charge in [-0.2, -0.15) is 0 Å². The van der Waals surface area contributed by atoms with E-state index in [9.17, 15) is 0 Å². The molecule has 0 aliphatic carbocycles. The normalized spacial score (nSPS) is 13.0. The minimum Gasteiger partial charge on any atom is -0.376 e. The highest BCUT2D eigenvalue weighted by molar-refractivity contribution is 6.30. The standard InChI is InChI=1S/C14H22ClNO/c1-11(2)16-8-12(3)9-17-10-13-5-4-6-14(15)7-13/h4-7,11-12,16H,8-10H2,1-3H3. The summed E-state index contributed by atoms with van der Waals surface area (Å²) in [5.41, 5.74) is 1.13. The van der Waals surface area contributed by atoms with Crippen molar-refractivity contribution in [2.24, 2.45) is 5.92 Å². The Labute approximate surface area is 109 Å². The van der Waals surface area contributed by atoms with E-state index in [-0.39, 0.29) is 0 Å². The van der Waals surface area contributed by atoms with E-state index in [4.69, 9.17) is 16.3 Å². The first-order valence-corrected chi connectivity index (χ1v) is 6.51. The zero-order valence-corrected chi connectivity index (χ0v) is 11.6. The van der Waals surface area contributed by atoms with E-state index in [1.54, 1.807) is 0 Å². The SMILES string of the molecule is CC(CNC(C)C)COCc1cccc(Cl)c1. The summed E-state index contributed by atoms with van der Waals surface area (Å²) in [5.74, 6) is 0.525. The van der Waals surface area contributed by atoms with Gasteiger partial charge in [-0.3, -0.25) is 0 Å². The molecule has 0 aliphatic heterocycles. The molecule has 1 aromatic rings. The molecule has 2 nitrogen and oxygen atoms in total. The Hall–Kier alpha value is -0.570. The Balaban J connectivity index is 2.19. The van der Waals surface area contributed by atoms with Crippen LogP contribution in [-0.2, 0) is 11.3 Å².